The molecule has 3 rings (SSSR count). The van der Waals surface area contributed by atoms with Gasteiger partial charge in [-0.2, -0.15) is 0 Å². The van der Waals surface area contributed by atoms with E-state index in [1.165, 1.54) is 0 Å². The van der Waals surface area contributed by atoms with E-state index in [4.69, 9.17) is 9.47 Å². The molecule has 0 saturated carbocycles. The third-order valence-electron chi connectivity index (χ3n) is 5.31. The maximum absolute atomic E-state index is 12.6. The molecule has 2 heterocycles. The van der Waals surface area contributed by atoms with Gasteiger partial charge in [0.25, 0.3) is 5.91 Å². The van der Waals surface area contributed by atoms with E-state index in [9.17, 15) is 9.59 Å². The fraction of sp³-hybridized carbons (Fsp3) is 0.600. The van der Waals surface area contributed by atoms with E-state index in [0.717, 1.165) is 44.3 Å². The number of benzene rings is 1. The maximum Gasteiger partial charge on any atom is 0.342 e. The van der Waals surface area contributed by atoms with E-state index in [0.29, 0.717) is 11.3 Å². The van der Waals surface area contributed by atoms with Crippen LogP contribution in [0.5, 0.6) is 5.75 Å². The van der Waals surface area contributed by atoms with E-state index in [2.05, 4.69) is 6.92 Å². The van der Waals surface area contributed by atoms with Crippen molar-refractivity contribution in [3.8, 4) is 5.75 Å². The van der Waals surface area contributed by atoms with Gasteiger partial charge in [0.1, 0.15) is 17.4 Å². The summed E-state index contributed by atoms with van der Waals surface area (Å²) in [6.45, 7) is 7.22. The van der Waals surface area contributed by atoms with E-state index in [1.54, 1.807) is 13.0 Å². The maximum atomic E-state index is 12.6. The summed E-state index contributed by atoms with van der Waals surface area (Å²) in [4.78, 5) is 27.0. The molecule has 0 bridgehead atoms. The molecule has 0 radical (unpaired) electrons. The molecular formula is C20H27NO4. The van der Waals surface area contributed by atoms with Crippen molar-refractivity contribution in [3.05, 3.63) is 29.3 Å². The van der Waals surface area contributed by atoms with Gasteiger partial charge >= 0.3 is 5.97 Å². The van der Waals surface area contributed by atoms with Crippen molar-refractivity contribution in [2.45, 2.75) is 64.6 Å². The Bertz CT molecular complexity index is 649. The summed E-state index contributed by atoms with van der Waals surface area (Å²) in [5.74, 6) is 0.236. The van der Waals surface area contributed by atoms with Crippen LogP contribution in [0.25, 0.3) is 0 Å². The average Bonchev–Trinajstić information content (AvgIpc) is 2.80. The summed E-state index contributed by atoms with van der Waals surface area (Å²) in [7, 11) is 0. The van der Waals surface area contributed by atoms with Crippen LogP contribution in [0.2, 0.25) is 0 Å². The summed E-state index contributed by atoms with van der Waals surface area (Å²) in [6, 6.07) is 5.52. The lowest BCUT2D eigenvalue weighted by atomic mass is 9.97. The van der Waals surface area contributed by atoms with Crippen LogP contribution in [0.1, 0.15) is 68.3 Å². The molecule has 0 N–H and O–H groups in total. The van der Waals surface area contributed by atoms with Crippen molar-refractivity contribution in [3.63, 3.8) is 0 Å². The molecule has 2 aliphatic heterocycles. The molecule has 3 atom stereocenters. The van der Waals surface area contributed by atoms with Crippen molar-refractivity contribution in [2.75, 3.05) is 13.1 Å². The Balaban J connectivity index is 1.69. The van der Waals surface area contributed by atoms with Gasteiger partial charge in [0.05, 0.1) is 0 Å². The predicted octanol–water partition coefficient (Wildman–Crippen LogP) is 3.52. The predicted molar refractivity (Wildman–Crippen MR) is 94.9 cm³/mol. The molecule has 25 heavy (non-hydrogen) atoms. The number of para-hydroxylation sites is 1. The van der Waals surface area contributed by atoms with Crippen molar-refractivity contribution in [1.82, 2.24) is 4.90 Å². The lowest BCUT2D eigenvalue weighted by Crippen LogP contribution is -2.40. The first kappa shape index (κ1) is 17.8. The second kappa shape index (κ2) is 7.46. The normalized spacial score (nSPS) is 24.0. The van der Waals surface area contributed by atoms with Gasteiger partial charge < -0.3 is 14.4 Å². The van der Waals surface area contributed by atoms with Crippen LogP contribution in [0, 0.1) is 0 Å². The van der Waals surface area contributed by atoms with Gasteiger partial charge in [-0.1, -0.05) is 31.9 Å². The first-order valence-electron chi connectivity index (χ1n) is 9.28. The fourth-order valence-corrected chi connectivity index (χ4v) is 3.57. The Labute approximate surface area is 149 Å². The van der Waals surface area contributed by atoms with Gasteiger partial charge in [-0.3, -0.25) is 4.79 Å². The molecule has 1 amide bonds. The van der Waals surface area contributed by atoms with Crippen LogP contribution >= 0.6 is 0 Å². The largest absolute Gasteiger partial charge is 0.489 e. The Hall–Kier alpha value is -2.04. The number of esters is 1. The zero-order valence-electron chi connectivity index (χ0n) is 15.3. The zero-order chi connectivity index (χ0) is 18.0. The highest BCUT2D eigenvalue weighted by molar-refractivity contribution is 5.95. The molecular weight excluding hydrogens is 318 g/mol. The highest BCUT2D eigenvalue weighted by atomic mass is 16.6. The topological polar surface area (TPSA) is 55.8 Å². The van der Waals surface area contributed by atoms with Crippen molar-refractivity contribution < 1.29 is 19.1 Å². The minimum Gasteiger partial charge on any atom is -0.489 e. The van der Waals surface area contributed by atoms with E-state index < -0.39 is 12.1 Å². The number of carbonyl (C=O) groups is 2. The van der Waals surface area contributed by atoms with E-state index >= 15 is 0 Å². The Kier molecular flexibility index (Phi) is 5.30. The molecule has 1 aromatic carbocycles. The fourth-order valence-electron chi connectivity index (χ4n) is 3.57. The van der Waals surface area contributed by atoms with E-state index in [-0.39, 0.29) is 17.9 Å². The minimum atomic E-state index is -0.780. The SMILES string of the molecule is C[C@H](OC(=O)c1cccc2c1O[C@H](C)[C@@H]2C)C(=O)N1CCCCCC1. The molecule has 136 valence electrons. The quantitative estimate of drug-likeness (QED) is 0.787. The third kappa shape index (κ3) is 3.65. The lowest BCUT2D eigenvalue weighted by molar-refractivity contribution is -0.139. The Morgan fingerprint density at radius 1 is 1.16 bits per heavy atom. The van der Waals surface area contributed by atoms with Gasteiger partial charge in [-0.05, 0) is 32.8 Å². The average molecular weight is 345 g/mol. The molecule has 0 unspecified atom stereocenters. The minimum absolute atomic E-state index is 0.0279. The summed E-state index contributed by atoms with van der Waals surface area (Å²) in [5.41, 5.74) is 1.43. The summed E-state index contributed by atoms with van der Waals surface area (Å²) in [6.07, 6.45) is 3.59. The van der Waals surface area contributed by atoms with Gasteiger partial charge in [-0.15, -0.1) is 0 Å². The summed E-state index contributed by atoms with van der Waals surface area (Å²) >= 11 is 0. The molecule has 0 aromatic heterocycles. The first-order chi connectivity index (χ1) is 12.0. The van der Waals surface area contributed by atoms with Crippen LogP contribution in [0.3, 0.4) is 0 Å². The molecule has 5 nitrogen and oxygen atoms in total. The van der Waals surface area contributed by atoms with Gasteiger partial charge in [-0.25, -0.2) is 4.79 Å². The molecule has 1 saturated heterocycles. The van der Waals surface area contributed by atoms with Gasteiger partial charge in [0.2, 0.25) is 0 Å². The third-order valence-corrected chi connectivity index (χ3v) is 5.31. The van der Waals surface area contributed by atoms with Crippen molar-refractivity contribution >= 4 is 11.9 Å². The number of fused-ring (bicyclic) bond motifs is 1. The number of hydrogen-bond acceptors (Lipinski definition) is 4. The van der Waals surface area contributed by atoms with Crippen LogP contribution in [0.4, 0.5) is 0 Å². The molecule has 2 aliphatic rings. The number of rotatable bonds is 3. The lowest BCUT2D eigenvalue weighted by Gasteiger charge is -2.24. The highest BCUT2D eigenvalue weighted by Crippen LogP contribution is 2.40. The Morgan fingerprint density at radius 2 is 1.84 bits per heavy atom. The molecule has 0 aliphatic carbocycles. The van der Waals surface area contributed by atoms with Gasteiger partial charge in [0, 0.05) is 24.6 Å². The first-order valence-corrected chi connectivity index (χ1v) is 9.28. The number of amides is 1. The van der Waals surface area contributed by atoms with Crippen LogP contribution in [0.15, 0.2) is 18.2 Å². The van der Waals surface area contributed by atoms with Gasteiger partial charge in [0.15, 0.2) is 6.10 Å². The van der Waals surface area contributed by atoms with Crippen LogP contribution in [-0.4, -0.2) is 42.1 Å². The molecule has 1 aromatic rings. The molecule has 0 spiro atoms. The number of carbonyl (C=O) groups excluding carboxylic acids is 2. The zero-order valence-corrected chi connectivity index (χ0v) is 15.3. The summed E-state index contributed by atoms with van der Waals surface area (Å²) < 4.78 is 11.3. The van der Waals surface area contributed by atoms with Crippen molar-refractivity contribution in [2.24, 2.45) is 0 Å². The van der Waals surface area contributed by atoms with Crippen molar-refractivity contribution in [1.29, 1.82) is 0 Å². The summed E-state index contributed by atoms with van der Waals surface area (Å²) in [5, 5.41) is 0. The number of ether oxygens (including phenoxy) is 2. The van der Waals surface area contributed by atoms with Crippen LogP contribution < -0.4 is 4.74 Å². The van der Waals surface area contributed by atoms with E-state index in [1.807, 2.05) is 24.0 Å². The second-order valence-electron chi connectivity index (χ2n) is 7.12. The number of likely N-dealkylation sites (tertiary alicyclic amines) is 1. The smallest absolute Gasteiger partial charge is 0.342 e. The second-order valence-corrected chi connectivity index (χ2v) is 7.12. The Morgan fingerprint density at radius 3 is 2.52 bits per heavy atom. The number of hydrogen-bond donors (Lipinski definition) is 0. The monoisotopic (exact) mass is 345 g/mol. The molecule has 1 fully saturated rings. The van der Waals surface area contributed by atoms with Crippen LogP contribution in [-0.2, 0) is 9.53 Å². The highest BCUT2D eigenvalue weighted by Gasteiger charge is 2.33. The number of nitrogens with zero attached hydrogens (tertiary/aromatic N) is 1. The standard InChI is InChI=1S/C20H27NO4/c1-13-14(2)24-18-16(13)9-8-10-17(18)20(23)25-15(3)19(22)21-11-6-4-5-7-12-21/h8-10,13-15H,4-7,11-12H2,1-3H3/t13-,14+,15-/m0/s1. The molecule has 5 heteroatoms.